The summed E-state index contributed by atoms with van der Waals surface area (Å²) < 4.78 is 2.17. The number of rotatable bonds is 3. The lowest BCUT2D eigenvalue weighted by atomic mass is 10.2. The van der Waals surface area contributed by atoms with Crippen molar-refractivity contribution >= 4 is 21.6 Å². The van der Waals surface area contributed by atoms with Crippen LogP contribution in [0.2, 0.25) is 0 Å². The lowest BCUT2D eigenvalue weighted by Gasteiger charge is -2.10. The molecule has 2 rings (SSSR count). The van der Waals surface area contributed by atoms with Crippen molar-refractivity contribution in [1.29, 1.82) is 0 Å². The van der Waals surface area contributed by atoms with Gasteiger partial charge in [-0.05, 0) is 52.5 Å². The molecule has 2 heterocycles. The first-order valence-electron chi connectivity index (χ1n) is 5.63. The summed E-state index contributed by atoms with van der Waals surface area (Å²) in [4.78, 5) is 16.0. The highest BCUT2D eigenvalue weighted by atomic mass is 79.9. The lowest BCUT2D eigenvalue weighted by molar-refractivity contribution is 0.666. The molecule has 0 aliphatic carbocycles. The third-order valence-electron chi connectivity index (χ3n) is 2.90. The summed E-state index contributed by atoms with van der Waals surface area (Å²) in [7, 11) is 0. The number of aryl methyl sites for hydroxylation is 2. The third-order valence-corrected chi connectivity index (χ3v) is 3.83. The van der Waals surface area contributed by atoms with Gasteiger partial charge in [0.05, 0.1) is 10.2 Å². The fourth-order valence-corrected chi connectivity index (χ4v) is 2.16. The van der Waals surface area contributed by atoms with Crippen LogP contribution in [0.25, 0.3) is 0 Å². The maximum absolute atomic E-state index is 12.0. The second kappa shape index (κ2) is 5.35. The van der Waals surface area contributed by atoms with Gasteiger partial charge in [0.1, 0.15) is 0 Å². The fraction of sp³-hybridized carbons (Fsp3) is 0.231. The maximum atomic E-state index is 12.0. The summed E-state index contributed by atoms with van der Waals surface area (Å²) in [6, 6.07) is 3.88. The number of hydrogen-bond acceptors (Lipinski definition) is 3. The van der Waals surface area contributed by atoms with Crippen LogP contribution in [0.5, 0.6) is 0 Å². The second-order valence-electron chi connectivity index (χ2n) is 4.13. The number of nitrogen functional groups attached to an aromatic ring is 1. The van der Waals surface area contributed by atoms with Crippen molar-refractivity contribution in [3.8, 4) is 0 Å². The number of anilines is 1. The molecule has 0 aromatic carbocycles. The van der Waals surface area contributed by atoms with E-state index in [0.717, 1.165) is 17.5 Å². The third kappa shape index (κ3) is 2.61. The largest absolute Gasteiger partial charge is 0.397 e. The van der Waals surface area contributed by atoms with Gasteiger partial charge in [-0.25, -0.2) is 0 Å². The smallest absolute Gasteiger partial charge is 0.265 e. The van der Waals surface area contributed by atoms with Gasteiger partial charge in [-0.1, -0.05) is 0 Å². The van der Waals surface area contributed by atoms with E-state index in [9.17, 15) is 4.79 Å². The second-order valence-corrected chi connectivity index (χ2v) is 4.92. The van der Waals surface area contributed by atoms with Crippen LogP contribution < -0.4 is 11.3 Å². The van der Waals surface area contributed by atoms with Gasteiger partial charge in [-0.3, -0.25) is 9.78 Å². The van der Waals surface area contributed by atoms with Crippen LogP contribution in [0.4, 0.5) is 5.69 Å². The zero-order chi connectivity index (χ0) is 13.1. The quantitative estimate of drug-likeness (QED) is 0.945. The Bertz CT molecular complexity index is 608. The molecular formula is C13H14BrN3O. The van der Waals surface area contributed by atoms with Gasteiger partial charge in [0, 0.05) is 25.1 Å². The van der Waals surface area contributed by atoms with Crippen LogP contribution in [0.1, 0.15) is 11.1 Å². The summed E-state index contributed by atoms with van der Waals surface area (Å²) in [5, 5.41) is 0. The number of nitrogens with two attached hydrogens (primary N) is 1. The highest BCUT2D eigenvalue weighted by Gasteiger charge is 2.08. The minimum atomic E-state index is -0.0456. The maximum Gasteiger partial charge on any atom is 0.265 e. The van der Waals surface area contributed by atoms with Gasteiger partial charge < -0.3 is 10.3 Å². The SMILES string of the molecule is Cc1c(N)cn(CCc2ccncc2)c(=O)c1Br. The Morgan fingerprint density at radius 2 is 2.06 bits per heavy atom. The van der Waals surface area contributed by atoms with Gasteiger partial charge >= 0.3 is 0 Å². The summed E-state index contributed by atoms with van der Waals surface area (Å²) in [6.07, 6.45) is 5.97. The molecule has 0 amide bonds. The summed E-state index contributed by atoms with van der Waals surface area (Å²) in [5.74, 6) is 0. The average Bonchev–Trinajstić information content (AvgIpc) is 2.40. The van der Waals surface area contributed by atoms with Gasteiger partial charge in [0.2, 0.25) is 0 Å². The Balaban J connectivity index is 2.23. The molecule has 0 unspecified atom stereocenters. The predicted octanol–water partition coefficient (Wildman–Crippen LogP) is 2.14. The summed E-state index contributed by atoms with van der Waals surface area (Å²) >= 11 is 3.28. The highest BCUT2D eigenvalue weighted by Crippen LogP contribution is 2.17. The van der Waals surface area contributed by atoms with Crippen LogP contribution in [0.15, 0.2) is 40.0 Å². The molecule has 4 nitrogen and oxygen atoms in total. The van der Waals surface area contributed by atoms with E-state index in [0.29, 0.717) is 16.7 Å². The molecule has 0 saturated heterocycles. The molecule has 0 fully saturated rings. The fourth-order valence-electron chi connectivity index (χ4n) is 1.70. The first-order valence-corrected chi connectivity index (χ1v) is 6.43. The molecule has 0 atom stereocenters. The van der Waals surface area contributed by atoms with E-state index in [-0.39, 0.29) is 5.56 Å². The Labute approximate surface area is 114 Å². The van der Waals surface area contributed by atoms with E-state index in [1.54, 1.807) is 23.2 Å². The van der Waals surface area contributed by atoms with E-state index in [4.69, 9.17) is 5.73 Å². The molecule has 0 aliphatic heterocycles. The van der Waals surface area contributed by atoms with Gasteiger partial charge in [-0.15, -0.1) is 0 Å². The molecular weight excluding hydrogens is 294 g/mol. The van der Waals surface area contributed by atoms with Crippen molar-refractivity contribution in [3.05, 3.63) is 56.7 Å². The topological polar surface area (TPSA) is 60.9 Å². The van der Waals surface area contributed by atoms with Crippen LogP contribution >= 0.6 is 15.9 Å². The predicted molar refractivity (Wildman–Crippen MR) is 75.5 cm³/mol. The molecule has 0 radical (unpaired) electrons. The summed E-state index contributed by atoms with van der Waals surface area (Å²) in [6.45, 7) is 2.43. The van der Waals surface area contributed by atoms with Gasteiger partial charge in [-0.2, -0.15) is 0 Å². The van der Waals surface area contributed by atoms with E-state index >= 15 is 0 Å². The zero-order valence-electron chi connectivity index (χ0n) is 10.1. The zero-order valence-corrected chi connectivity index (χ0v) is 11.6. The molecule has 2 N–H and O–H groups in total. The molecule has 0 aliphatic rings. The van der Waals surface area contributed by atoms with Gasteiger partial charge in [0.15, 0.2) is 0 Å². The number of aromatic nitrogens is 2. The van der Waals surface area contributed by atoms with Crippen molar-refractivity contribution in [2.45, 2.75) is 19.9 Å². The Morgan fingerprint density at radius 3 is 2.72 bits per heavy atom. The molecule has 5 heteroatoms. The van der Waals surface area contributed by atoms with E-state index in [1.807, 2.05) is 19.1 Å². The highest BCUT2D eigenvalue weighted by molar-refractivity contribution is 9.10. The minimum absolute atomic E-state index is 0.0456. The van der Waals surface area contributed by atoms with Crippen LogP contribution in [0.3, 0.4) is 0 Å². The summed E-state index contributed by atoms with van der Waals surface area (Å²) in [5.41, 5.74) is 8.37. The first kappa shape index (κ1) is 12.8. The molecule has 0 saturated carbocycles. The number of nitrogens with zero attached hydrogens (tertiary/aromatic N) is 2. The molecule has 94 valence electrons. The molecule has 0 spiro atoms. The van der Waals surface area contributed by atoms with Crippen molar-refractivity contribution < 1.29 is 0 Å². The van der Waals surface area contributed by atoms with E-state index in [1.165, 1.54) is 0 Å². The molecule has 0 bridgehead atoms. The Kier molecular flexibility index (Phi) is 3.81. The van der Waals surface area contributed by atoms with Crippen LogP contribution in [0, 0.1) is 6.92 Å². The number of pyridine rings is 2. The monoisotopic (exact) mass is 307 g/mol. The molecule has 18 heavy (non-hydrogen) atoms. The van der Waals surface area contributed by atoms with E-state index < -0.39 is 0 Å². The number of halogens is 1. The van der Waals surface area contributed by atoms with Crippen LogP contribution in [-0.2, 0) is 13.0 Å². The van der Waals surface area contributed by atoms with Crippen molar-refractivity contribution in [1.82, 2.24) is 9.55 Å². The first-order chi connectivity index (χ1) is 8.59. The number of hydrogen-bond donors (Lipinski definition) is 1. The molecule has 2 aromatic rings. The Hall–Kier alpha value is -1.62. The molecule has 2 aromatic heterocycles. The Morgan fingerprint density at radius 1 is 1.39 bits per heavy atom. The van der Waals surface area contributed by atoms with E-state index in [2.05, 4.69) is 20.9 Å². The van der Waals surface area contributed by atoms with Crippen molar-refractivity contribution in [3.63, 3.8) is 0 Å². The van der Waals surface area contributed by atoms with Crippen LogP contribution in [-0.4, -0.2) is 9.55 Å². The lowest BCUT2D eigenvalue weighted by Crippen LogP contribution is -2.23. The average molecular weight is 308 g/mol. The minimum Gasteiger partial charge on any atom is -0.397 e. The van der Waals surface area contributed by atoms with Gasteiger partial charge in [0.25, 0.3) is 5.56 Å². The normalized spacial score (nSPS) is 10.6. The van der Waals surface area contributed by atoms with Crippen molar-refractivity contribution in [2.75, 3.05) is 5.73 Å². The standard InChI is InChI=1S/C13H14BrN3O/c1-9-11(15)8-17(13(18)12(9)14)7-4-10-2-5-16-6-3-10/h2-3,5-6,8H,4,7,15H2,1H3. The van der Waals surface area contributed by atoms with Crippen molar-refractivity contribution in [2.24, 2.45) is 0 Å².